The average molecular weight is 280 g/mol. The maximum atomic E-state index is 12.2. The van der Waals surface area contributed by atoms with Crippen molar-refractivity contribution in [3.63, 3.8) is 0 Å². The quantitative estimate of drug-likeness (QED) is 0.603. The third-order valence-corrected chi connectivity index (χ3v) is 3.59. The highest BCUT2D eigenvalue weighted by molar-refractivity contribution is 5.85. The van der Waals surface area contributed by atoms with E-state index in [-0.39, 0.29) is 24.3 Å². The van der Waals surface area contributed by atoms with Gasteiger partial charge < -0.3 is 20.7 Å². The van der Waals surface area contributed by atoms with E-state index in [4.69, 9.17) is 0 Å². The molecule has 0 aromatic carbocycles. The lowest BCUT2D eigenvalue weighted by molar-refractivity contribution is -0.142. The molecule has 3 atom stereocenters. The normalized spacial score (nSPS) is 24.1. The molecular weight excluding hydrogens is 260 g/mol. The maximum Gasteiger partial charge on any atom is 0.326 e. The van der Waals surface area contributed by atoms with Crippen LogP contribution in [0.1, 0.15) is 25.5 Å². The first-order valence-corrected chi connectivity index (χ1v) is 6.80. The summed E-state index contributed by atoms with van der Waals surface area (Å²) in [4.78, 5) is 30.1. The molecule has 0 bridgehead atoms. The lowest BCUT2D eigenvalue weighted by Gasteiger charge is -2.28. The molecule has 7 heteroatoms. The monoisotopic (exact) mass is 280 g/mol. The van der Waals surface area contributed by atoms with Gasteiger partial charge in [-0.25, -0.2) is 9.78 Å². The second kappa shape index (κ2) is 6.51. The number of carbonyl (C=O) groups is 2. The number of imidazole rings is 1. The number of aliphatic carboxylic acids is 1. The fourth-order valence-corrected chi connectivity index (χ4v) is 2.48. The average Bonchev–Trinajstić information content (AvgIpc) is 2.90. The number of nitrogens with zero attached hydrogens (tertiary/aromatic N) is 1. The van der Waals surface area contributed by atoms with E-state index in [0.717, 1.165) is 19.4 Å². The number of amides is 1. The highest BCUT2D eigenvalue weighted by atomic mass is 16.4. The number of carboxylic acids is 1. The Morgan fingerprint density at radius 1 is 1.60 bits per heavy atom. The zero-order chi connectivity index (χ0) is 14.5. The number of hydrogen-bond donors (Lipinski definition) is 4. The number of hydrogen-bond acceptors (Lipinski definition) is 4. The molecule has 2 rings (SSSR count). The van der Waals surface area contributed by atoms with Crippen LogP contribution in [0.2, 0.25) is 0 Å². The molecule has 3 unspecified atom stereocenters. The van der Waals surface area contributed by atoms with Gasteiger partial charge in [-0.15, -0.1) is 0 Å². The number of rotatable bonds is 5. The molecule has 1 aromatic heterocycles. The third-order valence-electron chi connectivity index (χ3n) is 3.59. The summed E-state index contributed by atoms with van der Waals surface area (Å²) in [5.74, 6) is -1.32. The van der Waals surface area contributed by atoms with Gasteiger partial charge in [0.2, 0.25) is 5.91 Å². The topological polar surface area (TPSA) is 107 Å². The van der Waals surface area contributed by atoms with Crippen LogP contribution < -0.4 is 10.6 Å². The lowest BCUT2D eigenvalue weighted by Crippen LogP contribution is -2.48. The van der Waals surface area contributed by atoms with Crippen molar-refractivity contribution in [1.82, 2.24) is 20.6 Å². The molecule has 1 fully saturated rings. The van der Waals surface area contributed by atoms with Crippen molar-refractivity contribution in [3.8, 4) is 0 Å². The van der Waals surface area contributed by atoms with Gasteiger partial charge in [0.1, 0.15) is 6.04 Å². The predicted molar refractivity (Wildman–Crippen MR) is 72.0 cm³/mol. The number of carboxylic acid groups (broad SMARTS) is 1. The zero-order valence-electron chi connectivity index (χ0n) is 11.4. The molecule has 0 aliphatic carbocycles. The highest BCUT2D eigenvalue weighted by Crippen LogP contribution is 2.16. The molecule has 1 aliphatic rings. The molecule has 1 aromatic rings. The molecule has 0 radical (unpaired) electrons. The summed E-state index contributed by atoms with van der Waals surface area (Å²) in [5, 5.41) is 15.1. The molecule has 1 saturated heterocycles. The van der Waals surface area contributed by atoms with Crippen LogP contribution in [0.4, 0.5) is 0 Å². The van der Waals surface area contributed by atoms with Crippen LogP contribution in [0.3, 0.4) is 0 Å². The van der Waals surface area contributed by atoms with Gasteiger partial charge in [0.25, 0.3) is 0 Å². The van der Waals surface area contributed by atoms with Gasteiger partial charge in [-0.05, 0) is 26.3 Å². The van der Waals surface area contributed by atoms with Crippen LogP contribution in [0.25, 0.3) is 0 Å². The molecule has 0 spiro atoms. The van der Waals surface area contributed by atoms with Crippen molar-refractivity contribution >= 4 is 11.9 Å². The van der Waals surface area contributed by atoms with Crippen molar-refractivity contribution < 1.29 is 14.7 Å². The first-order valence-electron chi connectivity index (χ1n) is 6.80. The summed E-state index contributed by atoms with van der Waals surface area (Å²) >= 11 is 0. The van der Waals surface area contributed by atoms with Crippen LogP contribution in [0.5, 0.6) is 0 Å². The summed E-state index contributed by atoms with van der Waals surface area (Å²) < 4.78 is 0. The lowest BCUT2D eigenvalue weighted by atomic mass is 9.92. The summed E-state index contributed by atoms with van der Waals surface area (Å²) in [6.07, 6.45) is 4.75. The smallest absolute Gasteiger partial charge is 0.326 e. The van der Waals surface area contributed by atoms with Gasteiger partial charge in [0, 0.05) is 30.3 Å². The Hall–Kier alpha value is -1.89. The van der Waals surface area contributed by atoms with Crippen molar-refractivity contribution in [1.29, 1.82) is 0 Å². The van der Waals surface area contributed by atoms with Crippen molar-refractivity contribution in [2.75, 3.05) is 6.54 Å². The van der Waals surface area contributed by atoms with E-state index in [0.29, 0.717) is 5.69 Å². The Labute approximate surface area is 117 Å². The molecule has 0 saturated carbocycles. The minimum absolute atomic E-state index is 0.116. The summed E-state index contributed by atoms with van der Waals surface area (Å²) in [6, 6.07) is -0.636. The fourth-order valence-electron chi connectivity index (χ4n) is 2.48. The fraction of sp³-hybridized carbons (Fsp3) is 0.615. The molecule has 4 N–H and O–H groups in total. The number of aromatic amines is 1. The Morgan fingerprint density at radius 2 is 2.40 bits per heavy atom. The van der Waals surface area contributed by atoms with Gasteiger partial charge in [-0.2, -0.15) is 0 Å². The van der Waals surface area contributed by atoms with Crippen LogP contribution in [-0.4, -0.2) is 45.6 Å². The van der Waals surface area contributed by atoms with E-state index >= 15 is 0 Å². The molecule has 110 valence electrons. The van der Waals surface area contributed by atoms with Crippen molar-refractivity contribution in [2.45, 2.75) is 38.3 Å². The van der Waals surface area contributed by atoms with E-state index < -0.39 is 12.0 Å². The Bertz CT molecular complexity index is 460. The van der Waals surface area contributed by atoms with E-state index in [1.807, 2.05) is 6.92 Å². The largest absolute Gasteiger partial charge is 0.480 e. The van der Waals surface area contributed by atoms with Crippen LogP contribution >= 0.6 is 0 Å². The number of H-pyrrole nitrogens is 1. The van der Waals surface area contributed by atoms with Crippen molar-refractivity contribution in [2.24, 2.45) is 5.92 Å². The summed E-state index contributed by atoms with van der Waals surface area (Å²) in [6.45, 7) is 2.82. The number of carbonyl (C=O) groups excluding carboxylic acids is 1. The molecule has 7 nitrogen and oxygen atoms in total. The van der Waals surface area contributed by atoms with Crippen LogP contribution in [0, 0.1) is 5.92 Å². The standard InChI is InChI=1S/C13H20N4O3/c1-8-4-9(2-3-15-8)12(18)17-11(13(19)20)5-10-6-14-7-16-10/h6-9,11,15H,2-5H2,1H3,(H,14,16)(H,17,18)(H,19,20). The highest BCUT2D eigenvalue weighted by Gasteiger charge is 2.28. The van der Waals surface area contributed by atoms with E-state index in [9.17, 15) is 14.7 Å². The number of nitrogens with one attached hydrogen (secondary N) is 3. The van der Waals surface area contributed by atoms with Gasteiger partial charge in [-0.3, -0.25) is 4.79 Å². The van der Waals surface area contributed by atoms with Crippen LogP contribution in [0.15, 0.2) is 12.5 Å². The van der Waals surface area contributed by atoms with Gasteiger partial charge in [-0.1, -0.05) is 0 Å². The van der Waals surface area contributed by atoms with Gasteiger partial charge >= 0.3 is 5.97 Å². The Balaban J connectivity index is 1.93. The number of aromatic nitrogens is 2. The second-order valence-electron chi connectivity index (χ2n) is 5.26. The van der Waals surface area contributed by atoms with Gasteiger partial charge in [0.05, 0.1) is 6.33 Å². The molecule has 2 heterocycles. The van der Waals surface area contributed by atoms with Crippen LogP contribution in [-0.2, 0) is 16.0 Å². The van der Waals surface area contributed by atoms with E-state index in [1.165, 1.54) is 6.33 Å². The third kappa shape index (κ3) is 3.80. The zero-order valence-corrected chi connectivity index (χ0v) is 11.4. The van der Waals surface area contributed by atoms with Crippen molar-refractivity contribution in [3.05, 3.63) is 18.2 Å². The second-order valence-corrected chi connectivity index (χ2v) is 5.26. The SMILES string of the molecule is CC1CC(C(=O)NC(Cc2cnc[nH]2)C(=O)O)CCN1. The maximum absolute atomic E-state index is 12.2. The molecular formula is C13H20N4O3. The minimum atomic E-state index is -1.03. The van der Waals surface area contributed by atoms with Gasteiger partial charge in [0.15, 0.2) is 0 Å². The summed E-state index contributed by atoms with van der Waals surface area (Å²) in [5.41, 5.74) is 0.691. The molecule has 1 aliphatic heterocycles. The van der Waals surface area contributed by atoms with E-state index in [2.05, 4.69) is 20.6 Å². The first kappa shape index (κ1) is 14.5. The Kier molecular flexibility index (Phi) is 4.73. The Morgan fingerprint density at radius 3 is 3.00 bits per heavy atom. The molecule has 1 amide bonds. The summed E-state index contributed by atoms with van der Waals surface area (Å²) in [7, 11) is 0. The number of piperidine rings is 1. The van der Waals surface area contributed by atoms with E-state index in [1.54, 1.807) is 6.20 Å². The molecule has 20 heavy (non-hydrogen) atoms. The predicted octanol–water partition coefficient (Wildman–Crippen LogP) is -0.0903. The first-order chi connectivity index (χ1) is 9.56. The minimum Gasteiger partial charge on any atom is -0.480 e.